The van der Waals surface area contributed by atoms with Crippen LogP contribution in [0.1, 0.15) is 17.4 Å². The molecule has 4 nitrogen and oxygen atoms in total. The molecule has 2 aromatic rings. The second-order valence-corrected chi connectivity index (χ2v) is 2.67. The fourth-order valence-corrected chi connectivity index (χ4v) is 1.12. The van der Waals surface area contributed by atoms with Gasteiger partial charge >= 0.3 is 0 Å². The van der Waals surface area contributed by atoms with Crippen LogP contribution in [-0.4, -0.2) is 10.2 Å². The minimum absolute atomic E-state index is 0.259. The van der Waals surface area contributed by atoms with Crippen molar-refractivity contribution in [3.63, 3.8) is 0 Å². The van der Waals surface area contributed by atoms with Crippen molar-refractivity contribution in [3.05, 3.63) is 48.2 Å². The summed E-state index contributed by atoms with van der Waals surface area (Å²) in [6, 6.07) is 5.21. The Hall–Kier alpha value is -1.68. The van der Waals surface area contributed by atoms with Crippen molar-refractivity contribution in [3.8, 4) is 0 Å². The van der Waals surface area contributed by atoms with Crippen molar-refractivity contribution in [2.45, 2.75) is 6.04 Å². The zero-order valence-corrected chi connectivity index (χ0v) is 6.92. The van der Waals surface area contributed by atoms with Crippen LogP contribution in [0.5, 0.6) is 0 Å². The van der Waals surface area contributed by atoms with E-state index in [0.29, 0.717) is 0 Å². The molecule has 0 aromatic carbocycles. The Morgan fingerprint density at radius 1 is 1.31 bits per heavy atom. The van der Waals surface area contributed by atoms with Gasteiger partial charge < -0.3 is 10.2 Å². The van der Waals surface area contributed by atoms with Gasteiger partial charge in [0.1, 0.15) is 5.76 Å². The Morgan fingerprint density at radius 3 is 2.85 bits per heavy atom. The quantitative estimate of drug-likeness (QED) is 0.742. The third-order valence-corrected chi connectivity index (χ3v) is 1.82. The van der Waals surface area contributed by atoms with Crippen LogP contribution in [0.25, 0.3) is 0 Å². The number of furan rings is 1. The van der Waals surface area contributed by atoms with Gasteiger partial charge in [0.25, 0.3) is 0 Å². The largest absolute Gasteiger partial charge is 0.467 e. The SMILES string of the molecule is NC(c1ccnnc1)c1ccco1. The van der Waals surface area contributed by atoms with Crippen molar-refractivity contribution >= 4 is 0 Å². The molecule has 2 heterocycles. The van der Waals surface area contributed by atoms with Crippen molar-refractivity contribution in [2.75, 3.05) is 0 Å². The van der Waals surface area contributed by atoms with Gasteiger partial charge in [0.2, 0.25) is 0 Å². The van der Waals surface area contributed by atoms with Gasteiger partial charge in [-0.25, -0.2) is 0 Å². The maximum absolute atomic E-state index is 5.90. The van der Waals surface area contributed by atoms with Gasteiger partial charge in [0.05, 0.1) is 18.5 Å². The van der Waals surface area contributed by atoms with Crippen molar-refractivity contribution in [1.29, 1.82) is 0 Å². The van der Waals surface area contributed by atoms with Crippen LogP contribution in [0.2, 0.25) is 0 Å². The van der Waals surface area contributed by atoms with Gasteiger partial charge in [-0.15, -0.1) is 0 Å². The summed E-state index contributed by atoms with van der Waals surface area (Å²) in [6.07, 6.45) is 4.84. The first kappa shape index (κ1) is 7.94. The summed E-state index contributed by atoms with van der Waals surface area (Å²) in [5.41, 5.74) is 6.79. The molecule has 0 aliphatic carbocycles. The number of rotatable bonds is 2. The molecule has 1 atom stereocenters. The standard InChI is InChI=1S/C9H9N3O/c10-9(8-2-1-5-13-8)7-3-4-11-12-6-7/h1-6,9H,10H2. The highest BCUT2D eigenvalue weighted by atomic mass is 16.3. The smallest absolute Gasteiger partial charge is 0.125 e. The van der Waals surface area contributed by atoms with E-state index >= 15 is 0 Å². The van der Waals surface area contributed by atoms with E-state index in [1.165, 1.54) is 0 Å². The predicted molar refractivity (Wildman–Crippen MR) is 46.8 cm³/mol. The van der Waals surface area contributed by atoms with E-state index in [9.17, 15) is 0 Å². The lowest BCUT2D eigenvalue weighted by atomic mass is 10.1. The molecule has 0 saturated heterocycles. The van der Waals surface area contributed by atoms with Crippen LogP contribution in [0.3, 0.4) is 0 Å². The number of aromatic nitrogens is 2. The summed E-state index contributed by atoms with van der Waals surface area (Å²) in [5.74, 6) is 0.730. The normalized spacial score (nSPS) is 12.7. The molecule has 0 fully saturated rings. The first-order valence-electron chi connectivity index (χ1n) is 3.93. The molecule has 0 bridgehead atoms. The molecule has 0 saturated carbocycles. The van der Waals surface area contributed by atoms with Crippen molar-refractivity contribution in [1.82, 2.24) is 10.2 Å². The third-order valence-electron chi connectivity index (χ3n) is 1.82. The average molecular weight is 175 g/mol. The van der Waals surface area contributed by atoms with Crippen LogP contribution in [0, 0.1) is 0 Å². The van der Waals surface area contributed by atoms with E-state index in [1.54, 1.807) is 18.7 Å². The second-order valence-electron chi connectivity index (χ2n) is 2.67. The Kier molecular flexibility index (Phi) is 2.06. The van der Waals surface area contributed by atoms with Gasteiger partial charge in [-0.2, -0.15) is 10.2 Å². The van der Waals surface area contributed by atoms with Crippen LogP contribution in [-0.2, 0) is 0 Å². The summed E-state index contributed by atoms with van der Waals surface area (Å²) in [4.78, 5) is 0. The molecule has 2 rings (SSSR count). The van der Waals surface area contributed by atoms with E-state index in [-0.39, 0.29) is 6.04 Å². The highest BCUT2D eigenvalue weighted by molar-refractivity contribution is 5.21. The number of nitrogens with zero attached hydrogens (tertiary/aromatic N) is 2. The molecule has 4 heteroatoms. The fourth-order valence-electron chi connectivity index (χ4n) is 1.12. The second kappa shape index (κ2) is 3.37. The number of nitrogens with two attached hydrogens (primary N) is 1. The van der Waals surface area contributed by atoms with Gasteiger partial charge in [-0.05, 0) is 23.8 Å². The van der Waals surface area contributed by atoms with Gasteiger partial charge in [0, 0.05) is 6.20 Å². The van der Waals surface area contributed by atoms with Gasteiger partial charge in [0.15, 0.2) is 0 Å². The van der Waals surface area contributed by atoms with Crippen LogP contribution in [0.4, 0.5) is 0 Å². The summed E-state index contributed by atoms with van der Waals surface area (Å²) in [5, 5.41) is 7.42. The van der Waals surface area contributed by atoms with Crippen LogP contribution < -0.4 is 5.73 Å². The molecule has 0 amide bonds. The predicted octanol–water partition coefficient (Wildman–Crippen LogP) is 1.12. The fraction of sp³-hybridized carbons (Fsp3) is 0.111. The van der Waals surface area contributed by atoms with E-state index in [0.717, 1.165) is 11.3 Å². The maximum atomic E-state index is 5.90. The molecule has 13 heavy (non-hydrogen) atoms. The Bertz CT molecular complexity index is 358. The highest BCUT2D eigenvalue weighted by Gasteiger charge is 2.10. The summed E-state index contributed by atoms with van der Waals surface area (Å²) in [6.45, 7) is 0. The number of hydrogen-bond donors (Lipinski definition) is 1. The summed E-state index contributed by atoms with van der Waals surface area (Å²) < 4.78 is 5.18. The molecular weight excluding hydrogens is 166 g/mol. The van der Waals surface area contributed by atoms with E-state index in [1.807, 2.05) is 18.2 Å². The Balaban J connectivity index is 2.29. The minimum Gasteiger partial charge on any atom is -0.467 e. The van der Waals surface area contributed by atoms with Gasteiger partial charge in [-0.3, -0.25) is 0 Å². The zero-order valence-electron chi connectivity index (χ0n) is 6.92. The summed E-state index contributed by atoms with van der Waals surface area (Å²) in [7, 11) is 0. The molecule has 0 radical (unpaired) electrons. The maximum Gasteiger partial charge on any atom is 0.125 e. The topological polar surface area (TPSA) is 64.9 Å². The average Bonchev–Trinajstić information content (AvgIpc) is 2.71. The summed E-state index contributed by atoms with van der Waals surface area (Å²) >= 11 is 0. The van der Waals surface area contributed by atoms with Crippen LogP contribution >= 0.6 is 0 Å². The van der Waals surface area contributed by atoms with E-state index in [4.69, 9.17) is 10.2 Å². The molecule has 0 spiro atoms. The zero-order chi connectivity index (χ0) is 9.10. The molecule has 2 N–H and O–H groups in total. The van der Waals surface area contributed by atoms with Crippen molar-refractivity contribution in [2.24, 2.45) is 5.73 Å². The van der Waals surface area contributed by atoms with Crippen LogP contribution in [0.15, 0.2) is 41.3 Å². The molecule has 0 aliphatic rings. The Labute approximate surface area is 75.4 Å². The third kappa shape index (κ3) is 1.57. The highest BCUT2D eigenvalue weighted by Crippen LogP contribution is 2.17. The number of hydrogen-bond acceptors (Lipinski definition) is 4. The lowest BCUT2D eigenvalue weighted by molar-refractivity contribution is 0.489. The lowest BCUT2D eigenvalue weighted by Crippen LogP contribution is -2.11. The van der Waals surface area contributed by atoms with Gasteiger partial charge in [-0.1, -0.05) is 0 Å². The molecule has 0 aliphatic heterocycles. The molecular formula is C9H9N3O. The monoisotopic (exact) mass is 175 g/mol. The first-order valence-corrected chi connectivity index (χ1v) is 3.93. The van der Waals surface area contributed by atoms with Crippen molar-refractivity contribution < 1.29 is 4.42 Å². The van der Waals surface area contributed by atoms with E-state index in [2.05, 4.69) is 10.2 Å². The lowest BCUT2D eigenvalue weighted by Gasteiger charge is -2.06. The Morgan fingerprint density at radius 2 is 2.23 bits per heavy atom. The first-order chi connectivity index (χ1) is 6.38. The minimum atomic E-state index is -0.259. The molecule has 66 valence electrons. The van der Waals surface area contributed by atoms with E-state index < -0.39 is 0 Å². The molecule has 2 aromatic heterocycles. The molecule has 1 unspecified atom stereocenters.